The van der Waals surface area contributed by atoms with Crippen molar-refractivity contribution in [1.82, 2.24) is 9.71 Å². The zero-order valence-electron chi connectivity index (χ0n) is 12.6. The van der Waals surface area contributed by atoms with Crippen LogP contribution in [0.3, 0.4) is 0 Å². The zero-order chi connectivity index (χ0) is 15.1. The number of hydrogen-bond donors (Lipinski definition) is 2. The summed E-state index contributed by atoms with van der Waals surface area (Å²) >= 11 is 0. The van der Waals surface area contributed by atoms with Gasteiger partial charge in [-0.25, -0.2) is 18.1 Å². The summed E-state index contributed by atoms with van der Waals surface area (Å²) in [6, 6.07) is 3.50. The number of sulfonamides is 1. The highest BCUT2D eigenvalue weighted by Crippen LogP contribution is 2.27. The first kappa shape index (κ1) is 16.2. The Labute approximate surface area is 127 Å². The summed E-state index contributed by atoms with van der Waals surface area (Å²) in [4.78, 5) is 4.04. The summed E-state index contributed by atoms with van der Waals surface area (Å²) in [5, 5.41) is 3.22. The second kappa shape index (κ2) is 7.75. The van der Waals surface area contributed by atoms with Crippen LogP contribution in [0, 0.1) is 5.92 Å². The SMILES string of the molecule is CCCNc1cccnc1S(=O)(=O)NCCC1CCCC1. The molecule has 0 unspecified atom stereocenters. The minimum Gasteiger partial charge on any atom is -0.383 e. The van der Waals surface area contributed by atoms with Gasteiger partial charge in [0.1, 0.15) is 0 Å². The number of pyridine rings is 1. The first-order chi connectivity index (χ1) is 10.1. The molecule has 0 aromatic carbocycles. The molecule has 2 N–H and O–H groups in total. The molecule has 0 saturated heterocycles. The molecular formula is C15H25N3O2S. The Morgan fingerprint density at radius 1 is 1.29 bits per heavy atom. The Balaban J connectivity index is 1.97. The van der Waals surface area contributed by atoms with Crippen LogP contribution in [0.2, 0.25) is 0 Å². The molecule has 0 bridgehead atoms. The average Bonchev–Trinajstić information content (AvgIpc) is 2.98. The molecule has 1 aliphatic carbocycles. The van der Waals surface area contributed by atoms with Gasteiger partial charge in [0, 0.05) is 19.3 Å². The number of anilines is 1. The predicted octanol–water partition coefficient (Wildman–Crippen LogP) is 2.76. The summed E-state index contributed by atoms with van der Waals surface area (Å²) in [5.74, 6) is 0.675. The monoisotopic (exact) mass is 311 g/mol. The van der Waals surface area contributed by atoms with E-state index in [2.05, 4.69) is 15.0 Å². The van der Waals surface area contributed by atoms with Crippen LogP contribution in [0.4, 0.5) is 5.69 Å². The zero-order valence-corrected chi connectivity index (χ0v) is 13.5. The molecule has 1 fully saturated rings. The van der Waals surface area contributed by atoms with Gasteiger partial charge in [-0.1, -0.05) is 32.6 Å². The molecule has 1 heterocycles. The third kappa shape index (κ3) is 4.68. The van der Waals surface area contributed by atoms with E-state index in [0.29, 0.717) is 18.2 Å². The normalized spacial score (nSPS) is 16.2. The lowest BCUT2D eigenvalue weighted by atomic mass is 10.1. The number of aromatic nitrogens is 1. The minimum atomic E-state index is -3.54. The van der Waals surface area contributed by atoms with Gasteiger partial charge in [0.2, 0.25) is 0 Å². The van der Waals surface area contributed by atoms with Crippen molar-refractivity contribution >= 4 is 15.7 Å². The molecule has 118 valence electrons. The number of rotatable bonds is 8. The molecule has 0 aliphatic heterocycles. The Morgan fingerprint density at radius 3 is 2.76 bits per heavy atom. The van der Waals surface area contributed by atoms with Crippen LogP contribution >= 0.6 is 0 Å². The Morgan fingerprint density at radius 2 is 2.05 bits per heavy atom. The maximum absolute atomic E-state index is 12.4. The lowest BCUT2D eigenvalue weighted by Gasteiger charge is -2.13. The Kier molecular flexibility index (Phi) is 5.99. The van der Waals surface area contributed by atoms with Crippen LogP contribution < -0.4 is 10.0 Å². The van der Waals surface area contributed by atoms with Crippen LogP contribution in [-0.2, 0) is 10.0 Å². The largest absolute Gasteiger partial charge is 0.383 e. The summed E-state index contributed by atoms with van der Waals surface area (Å²) in [6.45, 7) is 3.27. The smallest absolute Gasteiger partial charge is 0.260 e. The predicted molar refractivity (Wildman–Crippen MR) is 84.8 cm³/mol. The maximum Gasteiger partial charge on any atom is 0.260 e. The van der Waals surface area contributed by atoms with Crippen molar-refractivity contribution in [3.63, 3.8) is 0 Å². The molecule has 0 spiro atoms. The fourth-order valence-corrected chi connectivity index (χ4v) is 3.92. The van der Waals surface area contributed by atoms with Crippen LogP contribution in [0.1, 0.15) is 45.4 Å². The fraction of sp³-hybridized carbons (Fsp3) is 0.667. The van der Waals surface area contributed by atoms with Gasteiger partial charge in [-0.2, -0.15) is 0 Å². The van der Waals surface area contributed by atoms with E-state index in [4.69, 9.17) is 0 Å². The highest BCUT2D eigenvalue weighted by Gasteiger charge is 2.21. The van der Waals surface area contributed by atoms with Crippen molar-refractivity contribution in [2.45, 2.75) is 50.5 Å². The van der Waals surface area contributed by atoms with Gasteiger partial charge in [-0.15, -0.1) is 0 Å². The number of nitrogens with zero attached hydrogens (tertiary/aromatic N) is 1. The van der Waals surface area contributed by atoms with Gasteiger partial charge < -0.3 is 5.32 Å². The van der Waals surface area contributed by atoms with E-state index >= 15 is 0 Å². The molecular weight excluding hydrogens is 286 g/mol. The van der Waals surface area contributed by atoms with Gasteiger partial charge in [0.05, 0.1) is 5.69 Å². The van der Waals surface area contributed by atoms with Crippen LogP contribution in [-0.4, -0.2) is 26.5 Å². The number of nitrogens with one attached hydrogen (secondary N) is 2. The van der Waals surface area contributed by atoms with Crippen molar-refractivity contribution in [2.24, 2.45) is 5.92 Å². The third-order valence-corrected chi connectivity index (χ3v) is 5.33. The van der Waals surface area contributed by atoms with Gasteiger partial charge in [-0.3, -0.25) is 0 Å². The fourth-order valence-electron chi connectivity index (χ4n) is 2.76. The summed E-state index contributed by atoms with van der Waals surface area (Å²) in [5.41, 5.74) is 0.577. The average molecular weight is 311 g/mol. The molecule has 1 aromatic heterocycles. The van der Waals surface area contributed by atoms with E-state index in [1.165, 1.54) is 31.9 Å². The van der Waals surface area contributed by atoms with Crippen molar-refractivity contribution in [3.8, 4) is 0 Å². The topological polar surface area (TPSA) is 71.1 Å². The molecule has 6 heteroatoms. The van der Waals surface area contributed by atoms with E-state index < -0.39 is 10.0 Å². The highest BCUT2D eigenvalue weighted by molar-refractivity contribution is 7.89. The van der Waals surface area contributed by atoms with Crippen molar-refractivity contribution in [1.29, 1.82) is 0 Å². The quantitative estimate of drug-likeness (QED) is 0.774. The molecule has 5 nitrogen and oxygen atoms in total. The van der Waals surface area contributed by atoms with Crippen molar-refractivity contribution in [3.05, 3.63) is 18.3 Å². The Bertz CT molecular complexity index is 540. The Hall–Kier alpha value is -1.14. The minimum absolute atomic E-state index is 0.102. The van der Waals surface area contributed by atoms with E-state index in [-0.39, 0.29) is 5.03 Å². The van der Waals surface area contributed by atoms with Crippen molar-refractivity contribution in [2.75, 3.05) is 18.4 Å². The standard InChI is InChI=1S/C15H25N3O2S/c1-2-10-16-14-8-5-11-17-15(14)21(19,20)18-12-9-13-6-3-4-7-13/h5,8,11,13,16,18H,2-4,6-7,9-10,12H2,1H3. The second-order valence-electron chi connectivity index (χ2n) is 5.62. The highest BCUT2D eigenvalue weighted by atomic mass is 32.2. The van der Waals surface area contributed by atoms with Crippen LogP contribution in [0.5, 0.6) is 0 Å². The van der Waals surface area contributed by atoms with Gasteiger partial charge in [-0.05, 0) is 30.9 Å². The van der Waals surface area contributed by atoms with Crippen LogP contribution in [0.15, 0.2) is 23.4 Å². The third-order valence-electron chi connectivity index (χ3n) is 3.91. The first-order valence-electron chi connectivity index (χ1n) is 7.82. The first-order valence-corrected chi connectivity index (χ1v) is 9.30. The summed E-state index contributed by atoms with van der Waals surface area (Å²) < 4.78 is 27.4. The van der Waals surface area contributed by atoms with Gasteiger partial charge in [0.25, 0.3) is 10.0 Å². The van der Waals surface area contributed by atoms with Gasteiger partial charge >= 0.3 is 0 Å². The molecule has 21 heavy (non-hydrogen) atoms. The molecule has 1 aromatic rings. The van der Waals surface area contributed by atoms with E-state index in [1.54, 1.807) is 12.1 Å². The van der Waals surface area contributed by atoms with Crippen LogP contribution in [0.25, 0.3) is 0 Å². The molecule has 0 amide bonds. The lowest BCUT2D eigenvalue weighted by molar-refractivity contribution is 0.495. The van der Waals surface area contributed by atoms with E-state index in [1.807, 2.05) is 6.92 Å². The molecule has 1 aliphatic rings. The second-order valence-corrected chi connectivity index (χ2v) is 7.30. The summed E-state index contributed by atoms with van der Waals surface area (Å²) in [7, 11) is -3.54. The maximum atomic E-state index is 12.4. The molecule has 1 saturated carbocycles. The molecule has 0 radical (unpaired) electrons. The molecule has 0 atom stereocenters. The summed E-state index contributed by atoms with van der Waals surface area (Å²) in [6.07, 6.45) is 8.39. The van der Waals surface area contributed by atoms with Crippen molar-refractivity contribution < 1.29 is 8.42 Å². The number of hydrogen-bond acceptors (Lipinski definition) is 4. The van der Waals surface area contributed by atoms with E-state index in [9.17, 15) is 8.42 Å². The van der Waals surface area contributed by atoms with Gasteiger partial charge in [0.15, 0.2) is 5.03 Å². The van der Waals surface area contributed by atoms with E-state index in [0.717, 1.165) is 19.4 Å². The lowest BCUT2D eigenvalue weighted by Crippen LogP contribution is -2.27. The molecule has 2 rings (SSSR count).